The van der Waals surface area contributed by atoms with Crippen LogP contribution in [0.5, 0.6) is 0 Å². The van der Waals surface area contributed by atoms with E-state index >= 15 is 0 Å². The monoisotopic (exact) mass is 352 g/mol. The lowest BCUT2D eigenvalue weighted by molar-refractivity contribution is -0.126. The highest BCUT2D eigenvalue weighted by Gasteiger charge is 2.42. The Balaban J connectivity index is 1.67. The van der Waals surface area contributed by atoms with Crippen molar-refractivity contribution in [2.24, 2.45) is 0 Å². The van der Waals surface area contributed by atoms with E-state index in [1.165, 1.54) is 17.0 Å². The molecule has 6 nitrogen and oxygen atoms in total. The number of likely N-dealkylation sites (N-methyl/N-ethyl adjacent to an activating group) is 1. The SMILES string of the molecule is CN1C(=O)N[C@@H](c2ccc(F)cc2)C2=C1CN(Cc1cccnc1)C2=O. The molecule has 1 aromatic heterocycles. The Bertz CT molecular complexity index is 896. The summed E-state index contributed by atoms with van der Waals surface area (Å²) in [6.07, 6.45) is 3.40. The van der Waals surface area contributed by atoms with E-state index < -0.39 is 6.04 Å². The largest absolute Gasteiger partial charge is 0.329 e. The van der Waals surface area contributed by atoms with Crippen molar-refractivity contribution >= 4 is 11.9 Å². The molecule has 0 aliphatic carbocycles. The number of urea groups is 1. The molecule has 26 heavy (non-hydrogen) atoms. The van der Waals surface area contributed by atoms with Gasteiger partial charge in [-0.25, -0.2) is 9.18 Å². The Morgan fingerprint density at radius 2 is 2.00 bits per heavy atom. The molecule has 0 saturated heterocycles. The van der Waals surface area contributed by atoms with Crippen LogP contribution in [0.25, 0.3) is 0 Å². The first-order valence-electron chi connectivity index (χ1n) is 8.25. The van der Waals surface area contributed by atoms with Crippen LogP contribution in [0.2, 0.25) is 0 Å². The van der Waals surface area contributed by atoms with Crippen LogP contribution >= 0.6 is 0 Å². The first-order chi connectivity index (χ1) is 12.5. The fourth-order valence-electron chi connectivity index (χ4n) is 3.37. The number of nitrogens with zero attached hydrogens (tertiary/aromatic N) is 3. The van der Waals surface area contributed by atoms with Crippen LogP contribution in [-0.2, 0) is 11.3 Å². The zero-order valence-electron chi connectivity index (χ0n) is 14.1. The maximum absolute atomic E-state index is 13.3. The van der Waals surface area contributed by atoms with Gasteiger partial charge >= 0.3 is 6.03 Å². The van der Waals surface area contributed by atoms with Crippen molar-refractivity contribution in [3.63, 3.8) is 0 Å². The molecule has 3 amide bonds. The van der Waals surface area contributed by atoms with E-state index in [1.807, 2.05) is 12.1 Å². The summed E-state index contributed by atoms with van der Waals surface area (Å²) < 4.78 is 13.3. The Hall–Kier alpha value is -3.22. The first kappa shape index (κ1) is 16.3. The highest BCUT2D eigenvalue weighted by molar-refractivity contribution is 6.01. The summed E-state index contributed by atoms with van der Waals surface area (Å²) in [5.41, 5.74) is 2.80. The number of hydrogen-bond donors (Lipinski definition) is 1. The van der Waals surface area contributed by atoms with Gasteiger partial charge in [-0.05, 0) is 29.3 Å². The van der Waals surface area contributed by atoms with E-state index in [0.717, 1.165) is 5.56 Å². The second kappa shape index (κ2) is 6.25. The van der Waals surface area contributed by atoms with Gasteiger partial charge in [0.05, 0.1) is 23.9 Å². The summed E-state index contributed by atoms with van der Waals surface area (Å²) in [6.45, 7) is 0.766. The topological polar surface area (TPSA) is 65.5 Å². The second-order valence-corrected chi connectivity index (χ2v) is 6.38. The molecule has 0 unspecified atom stereocenters. The standard InChI is InChI=1S/C19H17FN4O2/c1-23-15-11-24(10-12-3-2-8-21-9-12)18(25)16(15)17(22-19(23)26)13-4-6-14(20)7-5-13/h2-9,17H,10-11H2,1H3,(H,22,26)/t17-/m0/s1. The quantitative estimate of drug-likeness (QED) is 0.921. The maximum Gasteiger partial charge on any atom is 0.322 e. The van der Waals surface area contributed by atoms with Crippen LogP contribution in [0.1, 0.15) is 17.2 Å². The van der Waals surface area contributed by atoms with Crippen molar-refractivity contribution in [1.82, 2.24) is 20.1 Å². The van der Waals surface area contributed by atoms with Crippen molar-refractivity contribution < 1.29 is 14.0 Å². The zero-order valence-corrected chi connectivity index (χ0v) is 14.1. The van der Waals surface area contributed by atoms with Gasteiger partial charge in [-0.1, -0.05) is 18.2 Å². The number of amides is 3. The predicted molar refractivity (Wildman–Crippen MR) is 92.1 cm³/mol. The smallest absolute Gasteiger partial charge is 0.322 e. The summed E-state index contributed by atoms with van der Waals surface area (Å²) >= 11 is 0. The molecule has 0 fully saturated rings. The Morgan fingerprint density at radius 1 is 1.23 bits per heavy atom. The molecule has 7 heteroatoms. The van der Waals surface area contributed by atoms with E-state index in [4.69, 9.17) is 0 Å². The van der Waals surface area contributed by atoms with Gasteiger partial charge in [0.1, 0.15) is 5.82 Å². The van der Waals surface area contributed by atoms with Gasteiger partial charge < -0.3 is 10.2 Å². The minimum Gasteiger partial charge on any atom is -0.329 e. The number of nitrogens with one attached hydrogen (secondary N) is 1. The lowest BCUT2D eigenvalue weighted by Gasteiger charge is -2.31. The molecule has 132 valence electrons. The third kappa shape index (κ3) is 2.71. The van der Waals surface area contributed by atoms with Gasteiger partial charge in [0.25, 0.3) is 5.91 Å². The number of carbonyl (C=O) groups excluding carboxylic acids is 2. The van der Waals surface area contributed by atoms with Gasteiger partial charge in [0.2, 0.25) is 0 Å². The van der Waals surface area contributed by atoms with E-state index in [-0.39, 0.29) is 17.8 Å². The van der Waals surface area contributed by atoms with Crippen molar-refractivity contribution in [3.05, 3.63) is 77.0 Å². The van der Waals surface area contributed by atoms with Crippen LogP contribution < -0.4 is 5.32 Å². The van der Waals surface area contributed by atoms with E-state index in [1.54, 1.807) is 36.5 Å². The van der Waals surface area contributed by atoms with E-state index in [0.29, 0.717) is 29.9 Å². The van der Waals surface area contributed by atoms with Crippen LogP contribution in [0.4, 0.5) is 9.18 Å². The van der Waals surface area contributed by atoms with Crippen molar-refractivity contribution in [2.75, 3.05) is 13.6 Å². The number of aromatic nitrogens is 1. The lowest BCUT2D eigenvalue weighted by atomic mass is 9.96. The molecule has 1 aromatic carbocycles. The molecule has 3 heterocycles. The van der Waals surface area contributed by atoms with Crippen LogP contribution in [0.3, 0.4) is 0 Å². The number of hydrogen-bond acceptors (Lipinski definition) is 3. The molecule has 0 saturated carbocycles. The molecule has 2 aliphatic rings. The van der Waals surface area contributed by atoms with Gasteiger partial charge in [-0.2, -0.15) is 0 Å². The molecule has 0 bridgehead atoms. The molecular formula is C19H17FN4O2. The Kier molecular flexibility index (Phi) is 3.91. The fraction of sp³-hybridized carbons (Fsp3) is 0.211. The third-order valence-electron chi connectivity index (χ3n) is 4.73. The first-order valence-corrected chi connectivity index (χ1v) is 8.25. The van der Waals surface area contributed by atoms with Crippen LogP contribution in [0, 0.1) is 5.82 Å². The minimum atomic E-state index is -0.583. The number of pyridine rings is 1. The van der Waals surface area contributed by atoms with Gasteiger partial charge in [0, 0.05) is 26.0 Å². The number of benzene rings is 1. The Labute approximate surface area is 149 Å². The summed E-state index contributed by atoms with van der Waals surface area (Å²) in [5.74, 6) is -0.497. The summed E-state index contributed by atoms with van der Waals surface area (Å²) in [4.78, 5) is 32.6. The molecular weight excluding hydrogens is 335 g/mol. The normalized spacial score (nSPS) is 19.7. The van der Waals surface area contributed by atoms with E-state index in [9.17, 15) is 14.0 Å². The average Bonchev–Trinajstić information content (AvgIpc) is 2.97. The van der Waals surface area contributed by atoms with Crippen molar-refractivity contribution in [2.45, 2.75) is 12.6 Å². The summed E-state index contributed by atoms with van der Waals surface area (Å²) in [6, 6.07) is 8.69. The van der Waals surface area contributed by atoms with Crippen molar-refractivity contribution in [3.8, 4) is 0 Å². The third-order valence-corrected chi connectivity index (χ3v) is 4.73. The van der Waals surface area contributed by atoms with Crippen LogP contribution in [0.15, 0.2) is 60.1 Å². The van der Waals surface area contributed by atoms with Crippen molar-refractivity contribution in [1.29, 1.82) is 0 Å². The number of halogens is 1. The maximum atomic E-state index is 13.3. The number of carbonyl (C=O) groups is 2. The molecule has 2 aromatic rings. The fourth-order valence-corrected chi connectivity index (χ4v) is 3.37. The molecule has 4 rings (SSSR count). The molecule has 2 aliphatic heterocycles. The minimum absolute atomic E-state index is 0.134. The van der Waals surface area contributed by atoms with E-state index in [2.05, 4.69) is 10.3 Å². The molecule has 0 spiro atoms. The predicted octanol–water partition coefficient (Wildman–Crippen LogP) is 2.21. The van der Waals surface area contributed by atoms with Crippen LogP contribution in [-0.4, -0.2) is 40.3 Å². The van der Waals surface area contributed by atoms with Gasteiger partial charge in [-0.3, -0.25) is 14.7 Å². The van der Waals surface area contributed by atoms with Gasteiger partial charge in [0.15, 0.2) is 0 Å². The highest BCUT2D eigenvalue weighted by Crippen LogP contribution is 2.36. The Morgan fingerprint density at radius 3 is 2.69 bits per heavy atom. The molecule has 1 N–H and O–H groups in total. The second-order valence-electron chi connectivity index (χ2n) is 6.38. The molecule has 0 radical (unpaired) electrons. The average molecular weight is 352 g/mol. The molecule has 1 atom stereocenters. The highest BCUT2D eigenvalue weighted by atomic mass is 19.1. The zero-order chi connectivity index (χ0) is 18.3. The summed E-state index contributed by atoms with van der Waals surface area (Å²) in [5, 5.41) is 2.83. The lowest BCUT2D eigenvalue weighted by Crippen LogP contribution is -2.45. The van der Waals surface area contributed by atoms with Gasteiger partial charge in [-0.15, -0.1) is 0 Å². The summed E-state index contributed by atoms with van der Waals surface area (Å²) in [7, 11) is 1.65. The number of rotatable bonds is 3.